The Morgan fingerprint density at radius 1 is 0.897 bits per heavy atom. The number of ether oxygens (including phenoxy) is 2. The average molecular weight is 386 g/mol. The van der Waals surface area contributed by atoms with E-state index in [9.17, 15) is 4.79 Å². The summed E-state index contributed by atoms with van der Waals surface area (Å²) in [6.07, 6.45) is 0. The van der Waals surface area contributed by atoms with E-state index < -0.39 is 5.97 Å². The summed E-state index contributed by atoms with van der Waals surface area (Å²) in [5, 5.41) is 3.93. The van der Waals surface area contributed by atoms with E-state index in [-0.39, 0.29) is 12.5 Å². The highest BCUT2D eigenvalue weighted by Gasteiger charge is 2.15. The molecule has 6 heteroatoms. The van der Waals surface area contributed by atoms with Gasteiger partial charge < -0.3 is 14.0 Å². The molecule has 4 aromatic rings. The Morgan fingerprint density at radius 2 is 1.59 bits per heavy atom. The highest BCUT2D eigenvalue weighted by Crippen LogP contribution is 2.27. The minimum atomic E-state index is -0.457. The molecule has 0 aliphatic heterocycles. The van der Waals surface area contributed by atoms with Gasteiger partial charge in [0.05, 0.1) is 18.2 Å². The van der Waals surface area contributed by atoms with Crippen LogP contribution >= 0.6 is 0 Å². The number of para-hydroxylation sites is 1. The lowest BCUT2D eigenvalue weighted by Crippen LogP contribution is -2.05. The lowest BCUT2D eigenvalue weighted by atomic mass is 10.0. The van der Waals surface area contributed by atoms with E-state index in [0.29, 0.717) is 22.7 Å². The van der Waals surface area contributed by atoms with Crippen LogP contribution in [0.1, 0.15) is 16.2 Å². The second kappa shape index (κ2) is 8.39. The first-order valence-corrected chi connectivity index (χ1v) is 9.03. The highest BCUT2D eigenvalue weighted by atomic mass is 16.6. The average Bonchev–Trinajstić information content (AvgIpc) is 3.27. The van der Waals surface area contributed by atoms with E-state index in [1.807, 2.05) is 66.7 Å². The molecular weight excluding hydrogens is 368 g/mol. The summed E-state index contributed by atoms with van der Waals surface area (Å²) in [7, 11) is 1.57. The van der Waals surface area contributed by atoms with E-state index in [0.717, 1.165) is 11.1 Å². The number of benzene rings is 3. The zero-order valence-corrected chi connectivity index (χ0v) is 15.7. The number of aromatic nitrogens is 2. The third-order valence-electron chi connectivity index (χ3n) is 4.37. The monoisotopic (exact) mass is 386 g/mol. The summed E-state index contributed by atoms with van der Waals surface area (Å²) in [6.45, 7) is -0.110. The van der Waals surface area contributed by atoms with Gasteiger partial charge in [-0.1, -0.05) is 59.8 Å². The molecule has 4 rings (SSSR count). The van der Waals surface area contributed by atoms with Crippen molar-refractivity contribution in [2.45, 2.75) is 6.61 Å². The fourth-order valence-electron chi connectivity index (χ4n) is 2.89. The number of hydrogen-bond donors (Lipinski definition) is 0. The van der Waals surface area contributed by atoms with Crippen LogP contribution in [0.25, 0.3) is 22.5 Å². The van der Waals surface area contributed by atoms with Crippen LogP contribution in [-0.2, 0) is 11.3 Å². The second-order valence-electron chi connectivity index (χ2n) is 6.23. The van der Waals surface area contributed by atoms with Gasteiger partial charge in [0.1, 0.15) is 5.75 Å². The fraction of sp³-hybridized carbons (Fsp3) is 0.0870. The number of methoxy groups -OCH3 is 1. The molecule has 0 aliphatic rings. The molecule has 0 aliphatic carbocycles. The van der Waals surface area contributed by atoms with Crippen molar-refractivity contribution in [2.75, 3.05) is 7.11 Å². The number of carbonyl (C=O) groups is 1. The maximum Gasteiger partial charge on any atom is 0.338 e. The normalized spacial score (nSPS) is 10.5. The van der Waals surface area contributed by atoms with Gasteiger partial charge in [0.15, 0.2) is 6.61 Å². The minimum absolute atomic E-state index is 0.110. The molecule has 6 nitrogen and oxygen atoms in total. The molecule has 144 valence electrons. The maximum absolute atomic E-state index is 12.3. The van der Waals surface area contributed by atoms with Crippen LogP contribution in [0.4, 0.5) is 0 Å². The van der Waals surface area contributed by atoms with Gasteiger partial charge in [-0.25, -0.2) is 4.79 Å². The number of nitrogens with zero attached hydrogens (tertiary/aromatic N) is 2. The Bertz CT molecular complexity index is 1110. The summed E-state index contributed by atoms with van der Waals surface area (Å²) in [4.78, 5) is 16.6. The molecule has 0 fully saturated rings. The van der Waals surface area contributed by atoms with Crippen LogP contribution in [0, 0.1) is 0 Å². The minimum Gasteiger partial charge on any atom is -0.496 e. The van der Waals surface area contributed by atoms with E-state index in [4.69, 9.17) is 14.0 Å². The third kappa shape index (κ3) is 4.16. The Labute approximate surface area is 167 Å². The first kappa shape index (κ1) is 18.4. The molecule has 0 bridgehead atoms. The molecule has 0 atom stereocenters. The zero-order chi connectivity index (χ0) is 20.1. The Hall–Kier alpha value is -3.93. The van der Waals surface area contributed by atoms with Gasteiger partial charge in [-0.3, -0.25) is 0 Å². The predicted molar refractivity (Wildman–Crippen MR) is 107 cm³/mol. The number of rotatable bonds is 6. The first-order valence-electron chi connectivity index (χ1n) is 9.03. The summed E-state index contributed by atoms with van der Waals surface area (Å²) < 4.78 is 15.8. The Balaban J connectivity index is 1.41. The summed E-state index contributed by atoms with van der Waals surface area (Å²) in [6, 6.07) is 24.5. The van der Waals surface area contributed by atoms with Crippen LogP contribution < -0.4 is 4.74 Å². The summed E-state index contributed by atoms with van der Waals surface area (Å²) >= 11 is 0. The SMILES string of the molecule is COc1ccccc1-c1noc(COC(=O)c2ccc(-c3ccccc3)cc2)n1. The fourth-order valence-corrected chi connectivity index (χ4v) is 2.89. The van der Waals surface area contributed by atoms with Gasteiger partial charge in [0.25, 0.3) is 5.89 Å². The van der Waals surface area contributed by atoms with Crippen LogP contribution in [0.5, 0.6) is 5.75 Å². The highest BCUT2D eigenvalue weighted by molar-refractivity contribution is 5.90. The van der Waals surface area contributed by atoms with Crippen molar-refractivity contribution in [2.24, 2.45) is 0 Å². The molecule has 0 saturated heterocycles. The maximum atomic E-state index is 12.3. The second-order valence-corrected chi connectivity index (χ2v) is 6.23. The lowest BCUT2D eigenvalue weighted by molar-refractivity contribution is 0.0430. The van der Waals surface area contributed by atoms with Crippen molar-refractivity contribution in [1.82, 2.24) is 10.1 Å². The van der Waals surface area contributed by atoms with Crippen LogP contribution in [-0.4, -0.2) is 23.2 Å². The Kier molecular flexibility index (Phi) is 5.33. The van der Waals surface area contributed by atoms with Gasteiger partial charge in [0, 0.05) is 0 Å². The van der Waals surface area contributed by atoms with Crippen molar-refractivity contribution < 1.29 is 18.8 Å². The van der Waals surface area contributed by atoms with E-state index in [1.54, 1.807) is 19.2 Å². The van der Waals surface area contributed by atoms with Crippen molar-refractivity contribution in [1.29, 1.82) is 0 Å². The largest absolute Gasteiger partial charge is 0.496 e. The van der Waals surface area contributed by atoms with E-state index in [1.165, 1.54) is 0 Å². The molecule has 3 aromatic carbocycles. The molecule has 1 aromatic heterocycles. The molecule has 0 N–H and O–H groups in total. The van der Waals surface area contributed by atoms with Crippen LogP contribution in [0.15, 0.2) is 83.4 Å². The van der Waals surface area contributed by atoms with Crippen molar-refractivity contribution in [3.05, 3.63) is 90.3 Å². The van der Waals surface area contributed by atoms with Gasteiger partial charge in [0.2, 0.25) is 5.82 Å². The molecule has 0 saturated carbocycles. The van der Waals surface area contributed by atoms with Crippen LogP contribution in [0.2, 0.25) is 0 Å². The topological polar surface area (TPSA) is 74.5 Å². The standard InChI is InChI=1S/C23H18N2O4/c1-27-20-10-6-5-9-19(20)22-24-21(29-25-22)15-28-23(26)18-13-11-17(12-14-18)16-7-3-2-4-8-16/h2-14H,15H2,1H3. The van der Waals surface area contributed by atoms with E-state index in [2.05, 4.69) is 10.1 Å². The van der Waals surface area contributed by atoms with Gasteiger partial charge >= 0.3 is 5.97 Å². The van der Waals surface area contributed by atoms with Crippen LogP contribution in [0.3, 0.4) is 0 Å². The van der Waals surface area contributed by atoms with Gasteiger partial charge in [-0.2, -0.15) is 4.98 Å². The molecule has 29 heavy (non-hydrogen) atoms. The lowest BCUT2D eigenvalue weighted by Gasteiger charge is -2.04. The van der Waals surface area contributed by atoms with Crippen molar-refractivity contribution >= 4 is 5.97 Å². The molecule has 0 unspecified atom stereocenters. The number of carbonyl (C=O) groups excluding carboxylic acids is 1. The van der Waals surface area contributed by atoms with E-state index >= 15 is 0 Å². The van der Waals surface area contributed by atoms with Crippen molar-refractivity contribution in [3.63, 3.8) is 0 Å². The number of hydrogen-bond acceptors (Lipinski definition) is 6. The first-order chi connectivity index (χ1) is 14.2. The number of esters is 1. The molecule has 0 spiro atoms. The quantitative estimate of drug-likeness (QED) is 0.445. The van der Waals surface area contributed by atoms with Gasteiger partial charge in [-0.05, 0) is 35.4 Å². The zero-order valence-electron chi connectivity index (χ0n) is 15.7. The molecule has 0 amide bonds. The smallest absolute Gasteiger partial charge is 0.338 e. The summed E-state index contributed by atoms with van der Waals surface area (Å²) in [5.74, 6) is 0.762. The third-order valence-corrected chi connectivity index (χ3v) is 4.37. The predicted octanol–water partition coefficient (Wildman–Crippen LogP) is 4.77. The molecular formula is C23H18N2O4. The van der Waals surface area contributed by atoms with Gasteiger partial charge in [-0.15, -0.1) is 0 Å². The molecule has 0 radical (unpaired) electrons. The van der Waals surface area contributed by atoms with Crippen molar-refractivity contribution in [3.8, 4) is 28.3 Å². The molecule has 1 heterocycles. The summed E-state index contributed by atoms with van der Waals surface area (Å²) in [5.41, 5.74) is 3.27. The Morgan fingerprint density at radius 3 is 2.34 bits per heavy atom.